The fourth-order valence-corrected chi connectivity index (χ4v) is 2.44. The number of aromatic nitrogens is 1. The maximum Gasteiger partial charge on any atom is 0.270 e. The summed E-state index contributed by atoms with van der Waals surface area (Å²) >= 11 is 1.55. The second-order valence-electron chi connectivity index (χ2n) is 4.42. The van der Waals surface area contributed by atoms with Crippen LogP contribution in [0.1, 0.15) is 33.0 Å². The van der Waals surface area contributed by atoms with E-state index in [9.17, 15) is 4.79 Å². The molecule has 21 heavy (non-hydrogen) atoms. The summed E-state index contributed by atoms with van der Waals surface area (Å²) in [4.78, 5) is 17.2. The van der Waals surface area contributed by atoms with Gasteiger partial charge in [-0.3, -0.25) is 4.79 Å². The van der Waals surface area contributed by atoms with E-state index in [-0.39, 0.29) is 12.5 Å². The number of hydrogen-bond donors (Lipinski definition) is 2. The zero-order chi connectivity index (χ0) is 15.1. The van der Waals surface area contributed by atoms with Crippen LogP contribution in [0.25, 0.3) is 0 Å². The lowest BCUT2D eigenvalue weighted by atomic mass is 10.3. The maximum atomic E-state index is 12.0. The molecule has 0 fully saturated rings. The first-order chi connectivity index (χ1) is 10.2. The molecule has 0 saturated heterocycles. The average molecular weight is 300 g/mol. The highest BCUT2D eigenvalue weighted by Crippen LogP contribution is 2.13. The molecule has 0 radical (unpaired) electrons. The third kappa shape index (κ3) is 4.71. The van der Waals surface area contributed by atoms with Gasteiger partial charge < -0.3 is 10.4 Å². The Labute approximate surface area is 127 Å². The smallest absolute Gasteiger partial charge is 0.270 e. The van der Waals surface area contributed by atoms with Crippen molar-refractivity contribution in [1.29, 1.82) is 0 Å². The Morgan fingerprint density at radius 2 is 2.33 bits per heavy atom. The molecule has 2 aromatic rings. The summed E-state index contributed by atoms with van der Waals surface area (Å²) in [6.07, 6.45) is 0.473. The topological polar surface area (TPSA) is 62.2 Å². The molecule has 2 N–H and O–H groups in total. The zero-order valence-corrected chi connectivity index (χ0v) is 12.5. The van der Waals surface area contributed by atoms with Gasteiger partial charge in [-0.25, -0.2) is 4.98 Å². The summed E-state index contributed by atoms with van der Waals surface area (Å²) in [5, 5.41) is 13.5. The van der Waals surface area contributed by atoms with Crippen molar-refractivity contribution in [2.45, 2.75) is 19.9 Å². The number of aryl methyl sites for hydroxylation is 1. The van der Waals surface area contributed by atoms with E-state index >= 15 is 0 Å². The van der Waals surface area contributed by atoms with Crippen LogP contribution in [0, 0.1) is 18.8 Å². The van der Waals surface area contributed by atoms with Crippen molar-refractivity contribution in [2.24, 2.45) is 0 Å². The minimum absolute atomic E-state index is 0.0730. The molecule has 4 nitrogen and oxygen atoms in total. The summed E-state index contributed by atoms with van der Waals surface area (Å²) < 4.78 is 0. The second kappa shape index (κ2) is 7.58. The SMILES string of the molecule is Cc1cccc(C(=O)NCc2cc(C#CCCO)cs2)n1. The van der Waals surface area contributed by atoms with Crippen molar-refractivity contribution in [3.8, 4) is 11.8 Å². The van der Waals surface area contributed by atoms with Crippen molar-refractivity contribution < 1.29 is 9.90 Å². The average Bonchev–Trinajstić information content (AvgIpc) is 2.93. The minimum atomic E-state index is -0.181. The number of aliphatic hydroxyl groups is 1. The Bertz CT molecular complexity index is 683. The fraction of sp³-hybridized carbons (Fsp3) is 0.250. The molecule has 108 valence electrons. The number of amides is 1. The molecular formula is C16H16N2O2S. The van der Waals surface area contributed by atoms with Gasteiger partial charge in [0.1, 0.15) is 5.69 Å². The van der Waals surface area contributed by atoms with Gasteiger partial charge in [0.2, 0.25) is 0 Å². The van der Waals surface area contributed by atoms with Crippen molar-refractivity contribution in [1.82, 2.24) is 10.3 Å². The van der Waals surface area contributed by atoms with Gasteiger partial charge in [-0.15, -0.1) is 11.3 Å². The summed E-state index contributed by atoms with van der Waals surface area (Å²) in [6.45, 7) is 2.39. The lowest BCUT2D eigenvalue weighted by Crippen LogP contribution is -2.23. The first-order valence-corrected chi connectivity index (χ1v) is 7.46. The van der Waals surface area contributed by atoms with Gasteiger partial charge in [-0.05, 0) is 25.1 Å². The molecule has 0 spiro atoms. The Balaban J connectivity index is 1.91. The lowest BCUT2D eigenvalue weighted by Gasteiger charge is -2.03. The van der Waals surface area contributed by atoms with Gasteiger partial charge in [0, 0.05) is 27.9 Å². The number of carbonyl (C=O) groups excluding carboxylic acids is 1. The molecule has 2 heterocycles. The van der Waals surface area contributed by atoms with Gasteiger partial charge >= 0.3 is 0 Å². The van der Waals surface area contributed by atoms with E-state index in [0.717, 1.165) is 16.1 Å². The van der Waals surface area contributed by atoms with Crippen LogP contribution >= 0.6 is 11.3 Å². The van der Waals surface area contributed by atoms with Crippen LogP contribution in [-0.4, -0.2) is 22.6 Å². The second-order valence-corrected chi connectivity index (χ2v) is 5.42. The van der Waals surface area contributed by atoms with Crippen LogP contribution in [0.4, 0.5) is 0 Å². The summed E-state index contributed by atoms with van der Waals surface area (Å²) in [6, 6.07) is 7.31. The zero-order valence-electron chi connectivity index (χ0n) is 11.7. The van der Waals surface area contributed by atoms with E-state index in [1.165, 1.54) is 0 Å². The highest BCUT2D eigenvalue weighted by Gasteiger charge is 2.07. The molecule has 5 heteroatoms. The van der Waals surface area contributed by atoms with E-state index in [1.807, 2.05) is 30.5 Å². The number of hydrogen-bond acceptors (Lipinski definition) is 4. The van der Waals surface area contributed by atoms with Crippen LogP contribution in [0.5, 0.6) is 0 Å². The van der Waals surface area contributed by atoms with Gasteiger partial charge in [-0.1, -0.05) is 17.9 Å². The van der Waals surface area contributed by atoms with E-state index in [0.29, 0.717) is 18.7 Å². The molecule has 0 aliphatic heterocycles. The van der Waals surface area contributed by atoms with Gasteiger partial charge in [0.15, 0.2) is 0 Å². The normalized spacial score (nSPS) is 9.81. The highest BCUT2D eigenvalue weighted by molar-refractivity contribution is 7.10. The van der Waals surface area contributed by atoms with Crippen molar-refractivity contribution in [3.05, 3.63) is 51.5 Å². The van der Waals surface area contributed by atoms with Crippen LogP contribution in [0.3, 0.4) is 0 Å². The molecule has 0 aliphatic carbocycles. The molecule has 2 rings (SSSR count). The first kappa shape index (κ1) is 15.2. The van der Waals surface area contributed by atoms with Crippen molar-refractivity contribution in [3.63, 3.8) is 0 Å². The Kier molecular flexibility index (Phi) is 5.50. The van der Waals surface area contributed by atoms with Crippen molar-refractivity contribution >= 4 is 17.2 Å². The number of carbonyl (C=O) groups is 1. The van der Waals surface area contributed by atoms with E-state index in [2.05, 4.69) is 22.1 Å². The number of nitrogens with one attached hydrogen (secondary N) is 1. The molecule has 0 aromatic carbocycles. The van der Waals surface area contributed by atoms with Crippen LogP contribution in [0.15, 0.2) is 29.6 Å². The number of pyridine rings is 1. The lowest BCUT2D eigenvalue weighted by molar-refractivity contribution is 0.0946. The quantitative estimate of drug-likeness (QED) is 0.850. The Morgan fingerprint density at radius 3 is 3.10 bits per heavy atom. The Morgan fingerprint density at radius 1 is 1.48 bits per heavy atom. The molecule has 2 aromatic heterocycles. The number of aliphatic hydroxyl groups excluding tert-OH is 1. The van der Waals surface area contributed by atoms with E-state index < -0.39 is 0 Å². The summed E-state index contributed by atoms with van der Waals surface area (Å²) in [7, 11) is 0. The molecule has 0 unspecified atom stereocenters. The number of rotatable bonds is 4. The summed E-state index contributed by atoms with van der Waals surface area (Å²) in [5.41, 5.74) is 2.15. The molecule has 0 aliphatic rings. The minimum Gasteiger partial charge on any atom is -0.395 e. The predicted octanol–water partition coefficient (Wildman–Crippen LogP) is 2.12. The first-order valence-electron chi connectivity index (χ1n) is 6.58. The van der Waals surface area contributed by atoms with E-state index in [4.69, 9.17) is 5.11 Å². The van der Waals surface area contributed by atoms with E-state index in [1.54, 1.807) is 17.4 Å². The van der Waals surface area contributed by atoms with Crippen LogP contribution in [0.2, 0.25) is 0 Å². The molecular weight excluding hydrogens is 284 g/mol. The third-order valence-corrected chi connectivity index (χ3v) is 3.60. The standard InChI is InChI=1S/C16H16N2O2S/c1-12-5-4-7-15(18-12)16(20)17-10-14-9-13(11-21-14)6-2-3-8-19/h4-5,7,9,11,19H,3,8,10H2,1H3,(H,17,20). The molecule has 0 saturated carbocycles. The fourth-order valence-electron chi connectivity index (χ4n) is 1.69. The van der Waals surface area contributed by atoms with Crippen molar-refractivity contribution in [2.75, 3.05) is 6.61 Å². The largest absolute Gasteiger partial charge is 0.395 e. The van der Waals surface area contributed by atoms with Gasteiger partial charge in [-0.2, -0.15) is 0 Å². The highest BCUT2D eigenvalue weighted by atomic mass is 32.1. The third-order valence-electron chi connectivity index (χ3n) is 2.67. The van der Waals surface area contributed by atoms with Gasteiger partial charge in [0.25, 0.3) is 5.91 Å². The van der Waals surface area contributed by atoms with Crippen LogP contribution in [-0.2, 0) is 6.54 Å². The van der Waals surface area contributed by atoms with Crippen LogP contribution < -0.4 is 5.32 Å². The number of thiophene rings is 1. The predicted molar refractivity (Wildman–Crippen MR) is 83.0 cm³/mol. The molecule has 0 atom stereocenters. The summed E-state index contributed by atoms with van der Waals surface area (Å²) in [5.74, 6) is 5.66. The van der Waals surface area contributed by atoms with Gasteiger partial charge in [0.05, 0.1) is 13.2 Å². The monoisotopic (exact) mass is 300 g/mol. The molecule has 0 bridgehead atoms. The maximum absolute atomic E-state index is 12.0. The number of nitrogens with zero attached hydrogens (tertiary/aromatic N) is 1. The molecule has 1 amide bonds. The Hall–Kier alpha value is -2.16.